The molecule has 10 heteroatoms. The van der Waals surface area contributed by atoms with Crippen molar-refractivity contribution in [3.63, 3.8) is 0 Å². The molecule has 0 aromatic rings. The van der Waals surface area contributed by atoms with Crippen LogP contribution in [-0.2, 0) is 9.59 Å². The lowest BCUT2D eigenvalue weighted by Gasteiger charge is -2.38. The summed E-state index contributed by atoms with van der Waals surface area (Å²) in [6.07, 6.45) is 22.1. The number of carbonyl (C=O) groups excluding carboxylic acids is 2. The number of hydrogen-bond donors (Lipinski definition) is 4. The molecular formula is C41H76O6S4. The zero-order chi connectivity index (χ0) is 37.2. The second kappa shape index (κ2) is 28.9. The van der Waals surface area contributed by atoms with Gasteiger partial charge in [-0.05, 0) is 100 Å². The zero-order valence-corrected chi connectivity index (χ0v) is 35.7. The molecule has 300 valence electrons. The lowest BCUT2D eigenvalue weighted by Crippen LogP contribution is -2.30. The highest BCUT2D eigenvalue weighted by Crippen LogP contribution is 2.50. The number of Topliss-reactive ketones (excluding diaryl/α,β-unsaturated/α-hetero) is 2. The Bertz CT molecular complexity index is 825. The van der Waals surface area contributed by atoms with Crippen molar-refractivity contribution < 1.29 is 30.0 Å². The molecule has 4 N–H and O–H groups in total. The molecule has 2 aliphatic rings. The summed E-state index contributed by atoms with van der Waals surface area (Å²) >= 11 is 8.09. The highest BCUT2D eigenvalue weighted by Gasteiger charge is 2.36. The standard InChI is InChI=1S/C41H76O6S4/c1-3-5-8-22-38(46)32-40(48-26-16-27-49-40)24-14-12-20-36(44)30-34(42)18-10-7-11-19-35(43)31-37(45)21-13-15-25-41(50-28-17-29-51-41)33-39(47)23-9-6-4-2/h36-39,44-47H,3-33H2,1-2H3. The Morgan fingerprint density at radius 2 is 0.843 bits per heavy atom. The van der Waals surface area contributed by atoms with E-state index in [0.717, 1.165) is 119 Å². The van der Waals surface area contributed by atoms with Gasteiger partial charge >= 0.3 is 0 Å². The fourth-order valence-electron chi connectivity index (χ4n) is 7.45. The fraction of sp³-hybridized carbons (Fsp3) is 0.951. The lowest BCUT2D eigenvalue weighted by atomic mass is 9.98. The monoisotopic (exact) mass is 792 g/mol. The average molecular weight is 793 g/mol. The average Bonchev–Trinajstić information content (AvgIpc) is 3.09. The predicted molar refractivity (Wildman–Crippen MR) is 225 cm³/mol. The van der Waals surface area contributed by atoms with Crippen molar-refractivity contribution in [1.82, 2.24) is 0 Å². The molecule has 0 amide bonds. The molecule has 0 bridgehead atoms. The third kappa shape index (κ3) is 22.7. The summed E-state index contributed by atoms with van der Waals surface area (Å²) in [5.74, 6) is 4.85. The van der Waals surface area contributed by atoms with Crippen LogP contribution in [0, 0.1) is 0 Å². The highest BCUT2D eigenvalue weighted by atomic mass is 32.2. The van der Waals surface area contributed by atoms with Gasteiger partial charge in [0.25, 0.3) is 0 Å². The van der Waals surface area contributed by atoms with Crippen molar-refractivity contribution >= 4 is 58.6 Å². The smallest absolute Gasteiger partial charge is 0.135 e. The maximum Gasteiger partial charge on any atom is 0.135 e. The molecule has 2 fully saturated rings. The number of aliphatic hydroxyl groups excluding tert-OH is 4. The van der Waals surface area contributed by atoms with E-state index in [4.69, 9.17) is 0 Å². The van der Waals surface area contributed by atoms with Gasteiger partial charge in [0.15, 0.2) is 0 Å². The molecule has 0 radical (unpaired) electrons. The van der Waals surface area contributed by atoms with E-state index in [2.05, 4.69) is 13.8 Å². The van der Waals surface area contributed by atoms with Crippen LogP contribution in [0.3, 0.4) is 0 Å². The summed E-state index contributed by atoms with van der Waals surface area (Å²) < 4.78 is 0.194. The van der Waals surface area contributed by atoms with Crippen LogP contribution in [0.15, 0.2) is 0 Å². The lowest BCUT2D eigenvalue weighted by molar-refractivity contribution is -0.121. The minimum atomic E-state index is -0.587. The van der Waals surface area contributed by atoms with Gasteiger partial charge in [-0.25, -0.2) is 0 Å². The van der Waals surface area contributed by atoms with Gasteiger partial charge in [-0.1, -0.05) is 84.5 Å². The van der Waals surface area contributed by atoms with Gasteiger partial charge in [0.1, 0.15) is 11.6 Å². The molecule has 0 spiro atoms. The zero-order valence-electron chi connectivity index (χ0n) is 32.5. The third-order valence-corrected chi connectivity index (χ3v) is 17.4. The Hall–Kier alpha value is 0.580. The van der Waals surface area contributed by atoms with Gasteiger partial charge in [0, 0.05) is 25.7 Å². The summed E-state index contributed by atoms with van der Waals surface area (Å²) in [5.41, 5.74) is 0. The van der Waals surface area contributed by atoms with E-state index in [1.54, 1.807) is 0 Å². The Kier molecular flexibility index (Phi) is 27.1. The van der Waals surface area contributed by atoms with E-state index in [1.165, 1.54) is 38.5 Å². The van der Waals surface area contributed by atoms with Crippen molar-refractivity contribution in [3.8, 4) is 0 Å². The summed E-state index contributed by atoms with van der Waals surface area (Å²) in [7, 11) is 0. The minimum absolute atomic E-state index is 0.0968. The number of unbranched alkanes of at least 4 members (excludes halogenated alkanes) is 8. The molecule has 0 aliphatic carbocycles. The fourth-order valence-corrected chi connectivity index (χ4v) is 14.5. The number of carbonyl (C=O) groups is 2. The van der Waals surface area contributed by atoms with Crippen LogP contribution in [0.25, 0.3) is 0 Å². The third-order valence-electron chi connectivity index (χ3n) is 10.4. The molecule has 4 unspecified atom stereocenters. The maximum absolute atomic E-state index is 12.5. The minimum Gasteiger partial charge on any atom is -0.393 e. The molecule has 0 saturated carbocycles. The van der Waals surface area contributed by atoms with E-state index in [9.17, 15) is 30.0 Å². The number of thioether (sulfide) groups is 4. The van der Waals surface area contributed by atoms with Crippen LogP contribution >= 0.6 is 47.0 Å². The Morgan fingerprint density at radius 1 is 0.490 bits per heavy atom. The van der Waals surface area contributed by atoms with Crippen molar-refractivity contribution in [2.75, 3.05) is 23.0 Å². The van der Waals surface area contributed by atoms with E-state index in [1.807, 2.05) is 47.0 Å². The van der Waals surface area contributed by atoms with E-state index >= 15 is 0 Å². The first-order valence-corrected chi connectivity index (χ1v) is 24.9. The van der Waals surface area contributed by atoms with Crippen LogP contribution in [0.4, 0.5) is 0 Å². The van der Waals surface area contributed by atoms with Crippen LogP contribution in [0.5, 0.6) is 0 Å². The van der Waals surface area contributed by atoms with E-state index in [0.29, 0.717) is 25.7 Å². The summed E-state index contributed by atoms with van der Waals surface area (Å²) in [4.78, 5) is 25.0. The second-order valence-electron chi connectivity index (χ2n) is 15.5. The number of hydrogen-bond acceptors (Lipinski definition) is 10. The molecule has 2 aliphatic heterocycles. The SMILES string of the molecule is CCCCCC(O)CC1(CCCCC(O)CC(=O)CCCCCC(=O)CC(O)CCCCC2(CC(O)CCCCC)SCCCS2)SCCCS1. The van der Waals surface area contributed by atoms with Crippen molar-refractivity contribution in [3.05, 3.63) is 0 Å². The first-order chi connectivity index (χ1) is 24.6. The molecule has 2 saturated heterocycles. The Labute approximate surface area is 329 Å². The van der Waals surface area contributed by atoms with Gasteiger partial charge < -0.3 is 20.4 Å². The Morgan fingerprint density at radius 3 is 1.22 bits per heavy atom. The van der Waals surface area contributed by atoms with Gasteiger partial charge in [0.2, 0.25) is 0 Å². The number of rotatable bonds is 32. The predicted octanol–water partition coefficient (Wildman–Crippen LogP) is 10.5. The normalized spacial score (nSPS) is 19.7. The van der Waals surface area contributed by atoms with Gasteiger partial charge in [0.05, 0.1) is 32.6 Å². The van der Waals surface area contributed by atoms with Gasteiger partial charge in [-0.15, -0.1) is 47.0 Å². The summed E-state index contributed by atoms with van der Waals surface area (Å²) in [5, 5.41) is 42.4. The first-order valence-electron chi connectivity index (χ1n) is 20.9. The molecule has 2 rings (SSSR count). The maximum atomic E-state index is 12.5. The van der Waals surface area contributed by atoms with Crippen LogP contribution < -0.4 is 0 Å². The molecule has 6 nitrogen and oxygen atoms in total. The Balaban J connectivity index is 1.52. The summed E-state index contributed by atoms with van der Waals surface area (Å²) in [6, 6.07) is 0. The van der Waals surface area contributed by atoms with E-state index < -0.39 is 12.2 Å². The number of aliphatic hydroxyl groups is 4. The summed E-state index contributed by atoms with van der Waals surface area (Å²) in [6.45, 7) is 4.39. The van der Waals surface area contributed by atoms with Crippen molar-refractivity contribution in [2.45, 2.75) is 220 Å². The molecular weight excluding hydrogens is 717 g/mol. The molecule has 4 atom stereocenters. The van der Waals surface area contributed by atoms with Crippen LogP contribution in [-0.4, -0.2) is 87.6 Å². The molecule has 2 heterocycles. The van der Waals surface area contributed by atoms with Crippen molar-refractivity contribution in [1.29, 1.82) is 0 Å². The number of ketones is 2. The van der Waals surface area contributed by atoms with Gasteiger partial charge in [-0.3, -0.25) is 9.59 Å². The topological polar surface area (TPSA) is 115 Å². The molecule has 51 heavy (non-hydrogen) atoms. The molecule has 0 aromatic heterocycles. The van der Waals surface area contributed by atoms with Crippen LogP contribution in [0.2, 0.25) is 0 Å². The first kappa shape index (κ1) is 47.7. The second-order valence-corrected chi connectivity index (χ2v) is 21.9. The highest BCUT2D eigenvalue weighted by molar-refractivity contribution is 8.19. The largest absolute Gasteiger partial charge is 0.393 e. The van der Waals surface area contributed by atoms with Crippen molar-refractivity contribution in [2.24, 2.45) is 0 Å². The quantitative estimate of drug-likeness (QED) is 0.0491. The van der Waals surface area contributed by atoms with Crippen LogP contribution in [0.1, 0.15) is 187 Å². The van der Waals surface area contributed by atoms with Gasteiger partial charge in [-0.2, -0.15) is 0 Å². The van der Waals surface area contributed by atoms with E-state index in [-0.39, 0.29) is 44.8 Å². The molecule has 0 aromatic carbocycles.